The fourth-order valence-corrected chi connectivity index (χ4v) is 2.09. The molecule has 2 aromatic carbocycles. The molecule has 19 heavy (non-hydrogen) atoms. The van der Waals surface area contributed by atoms with Gasteiger partial charge in [0.15, 0.2) is 0 Å². The first-order chi connectivity index (χ1) is 9.45. The van der Waals surface area contributed by atoms with Crippen LogP contribution in [-0.4, -0.2) is 11.9 Å². The summed E-state index contributed by atoms with van der Waals surface area (Å²) in [5.74, 6) is 1.95. The number of nitrogens with zero attached hydrogens (tertiary/aromatic N) is 2. The van der Waals surface area contributed by atoms with Gasteiger partial charge in [0.1, 0.15) is 0 Å². The maximum absolute atomic E-state index is 4.21. The Labute approximate surface area is 113 Å². The molecule has 1 heterocycles. The summed E-state index contributed by atoms with van der Waals surface area (Å²) in [5.41, 5.74) is 3.31. The van der Waals surface area contributed by atoms with Crippen LogP contribution >= 0.6 is 0 Å². The third-order valence-corrected chi connectivity index (χ3v) is 2.93. The average Bonchev–Trinajstić information content (AvgIpc) is 2.51. The van der Waals surface area contributed by atoms with Crippen molar-refractivity contribution >= 4 is 23.9 Å². The molecular weight excluding hydrogens is 231 g/mol. The number of benzene rings is 2. The van der Waals surface area contributed by atoms with Crippen LogP contribution < -0.4 is 4.90 Å². The van der Waals surface area contributed by atoms with Gasteiger partial charge in [-0.1, -0.05) is 0 Å². The van der Waals surface area contributed by atoms with E-state index in [9.17, 15) is 0 Å². The number of para-hydroxylation sites is 2. The Morgan fingerprint density at radius 1 is 0.789 bits per heavy atom. The number of hydrogen-bond donors (Lipinski definition) is 0. The zero-order valence-corrected chi connectivity index (χ0v) is 10.5. The van der Waals surface area contributed by atoms with Crippen LogP contribution in [0.4, 0.5) is 17.0 Å². The quantitative estimate of drug-likeness (QED) is 0.694. The predicted molar refractivity (Wildman–Crippen MR) is 80.3 cm³/mol. The van der Waals surface area contributed by atoms with Crippen molar-refractivity contribution in [2.45, 2.75) is 0 Å². The van der Waals surface area contributed by atoms with E-state index in [2.05, 4.69) is 41.1 Å². The summed E-state index contributed by atoms with van der Waals surface area (Å²) in [5, 5.41) is 0. The van der Waals surface area contributed by atoms with Crippen LogP contribution in [0.3, 0.4) is 0 Å². The van der Waals surface area contributed by atoms with Gasteiger partial charge >= 0.3 is 113 Å². The van der Waals surface area contributed by atoms with Crippen molar-refractivity contribution in [3.63, 3.8) is 0 Å². The standard InChI is InChI=1S/C16H13BN2/c1-3-7-14(8-4-1)19(15-9-5-2-6-10-15)16-13-18-12-11-17-16/h1-13H. The van der Waals surface area contributed by atoms with Crippen molar-refractivity contribution < 1.29 is 0 Å². The van der Waals surface area contributed by atoms with E-state index in [1.54, 1.807) is 6.20 Å². The third-order valence-electron chi connectivity index (χ3n) is 2.93. The Kier molecular flexibility index (Phi) is 3.37. The van der Waals surface area contributed by atoms with Gasteiger partial charge in [0, 0.05) is 0 Å². The second kappa shape index (κ2) is 5.48. The topological polar surface area (TPSA) is 16.1 Å². The van der Waals surface area contributed by atoms with E-state index < -0.39 is 0 Å². The molecule has 0 bridgehead atoms. The molecular formula is C16H13BN2. The van der Waals surface area contributed by atoms with E-state index in [0.29, 0.717) is 0 Å². The Morgan fingerprint density at radius 3 is 1.84 bits per heavy atom. The predicted octanol–water partition coefficient (Wildman–Crippen LogP) is 3.89. The van der Waals surface area contributed by atoms with E-state index in [1.807, 2.05) is 48.6 Å². The number of hydrogen-bond acceptors (Lipinski definition) is 2. The van der Waals surface area contributed by atoms with Gasteiger partial charge in [0.25, 0.3) is 0 Å². The normalized spacial score (nSPS) is 9.89. The van der Waals surface area contributed by atoms with Crippen LogP contribution in [-0.2, 0) is 0 Å². The first kappa shape index (κ1) is 11.7. The Morgan fingerprint density at radius 2 is 1.37 bits per heavy atom. The molecule has 0 amide bonds. The molecule has 0 atom stereocenters. The summed E-state index contributed by atoms with van der Waals surface area (Å²) < 4.78 is 0. The Balaban J connectivity index is 2.12. The van der Waals surface area contributed by atoms with E-state index in [4.69, 9.17) is 0 Å². The summed E-state index contributed by atoms with van der Waals surface area (Å²) >= 11 is 0. The molecule has 0 saturated heterocycles. The van der Waals surface area contributed by atoms with Crippen LogP contribution in [0.25, 0.3) is 0 Å². The first-order valence-electron chi connectivity index (χ1n) is 6.25. The van der Waals surface area contributed by atoms with Gasteiger partial charge in [-0.05, 0) is 0 Å². The second-order valence-electron chi connectivity index (χ2n) is 4.22. The van der Waals surface area contributed by atoms with Gasteiger partial charge in [0.2, 0.25) is 0 Å². The molecule has 1 aromatic heterocycles. The van der Waals surface area contributed by atoms with E-state index >= 15 is 0 Å². The van der Waals surface area contributed by atoms with Crippen molar-refractivity contribution in [3.8, 4) is 0 Å². The summed E-state index contributed by atoms with van der Waals surface area (Å²) in [6, 6.07) is 20.6. The molecule has 0 unspecified atom stereocenters. The summed E-state index contributed by atoms with van der Waals surface area (Å²) in [6.07, 6.45) is 3.66. The fraction of sp³-hybridized carbons (Fsp3) is 0. The molecule has 0 aliphatic heterocycles. The zero-order valence-electron chi connectivity index (χ0n) is 10.5. The fourth-order valence-electron chi connectivity index (χ4n) is 2.09. The summed E-state index contributed by atoms with van der Waals surface area (Å²) in [6.45, 7) is 2.06. The number of rotatable bonds is 3. The average molecular weight is 244 g/mol. The van der Waals surface area contributed by atoms with E-state index in [1.165, 1.54) is 0 Å². The molecule has 2 nitrogen and oxygen atoms in total. The third kappa shape index (κ3) is 2.55. The van der Waals surface area contributed by atoms with E-state index in [-0.39, 0.29) is 0 Å². The summed E-state index contributed by atoms with van der Waals surface area (Å²) in [4.78, 5) is 6.40. The monoisotopic (exact) mass is 244 g/mol. The van der Waals surface area contributed by atoms with Crippen molar-refractivity contribution in [1.82, 2.24) is 4.98 Å². The van der Waals surface area contributed by atoms with Crippen molar-refractivity contribution in [2.75, 3.05) is 4.90 Å². The zero-order chi connectivity index (χ0) is 12.9. The molecule has 90 valence electrons. The summed E-state index contributed by atoms with van der Waals surface area (Å²) in [7, 11) is 0. The molecule has 0 spiro atoms. The van der Waals surface area contributed by atoms with Gasteiger partial charge in [0.05, 0.1) is 0 Å². The van der Waals surface area contributed by atoms with E-state index in [0.717, 1.165) is 17.0 Å². The molecule has 3 heteroatoms. The maximum atomic E-state index is 4.21. The van der Waals surface area contributed by atoms with Crippen LogP contribution in [0.2, 0.25) is 0 Å². The van der Waals surface area contributed by atoms with Gasteiger partial charge in [-0.2, -0.15) is 0 Å². The number of aromatic nitrogens is 1. The Hall–Kier alpha value is -2.42. The van der Waals surface area contributed by atoms with Crippen LogP contribution in [0.5, 0.6) is 0 Å². The van der Waals surface area contributed by atoms with Crippen LogP contribution in [0, 0.1) is 0 Å². The SMILES string of the molecule is b1ccncc1N(c1ccccc1)c1ccccc1. The van der Waals surface area contributed by atoms with Gasteiger partial charge in [-0.25, -0.2) is 0 Å². The minimum atomic E-state index is 1.06. The number of anilines is 3. The Bertz CT molecular complexity index is 533. The van der Waals surface area contributed by atoms with Crippen molar-refractivity contribution in [1.29, 1.82) is 0 Å². The molecule has 0 N–H and O–H groups in total. The molecule has 0 aliphatic rings. The van der Waals surface area contributed by atoms with Crippen LogP contribution in [0.15, 0.2) is 79.0 Å². The van der Waals surface area contributed by atoms with Gasteiger partial charge in [-0.15, -0.1) is 0 Å². The van der Waals surface area contributed by atoms with Crippen LogP contribution in [0.1, 0.15) is 0 Å². The first-order valence-corrected chi connectivity index (χ1v) is 6.25. The van der Waals surface area contributed by atoms with Gasteiger partial charge < -0.3 is 0 Å². The minimum absolute atomic E-state index is 1.06. The molecule has 3 rings (SSSR count). The second-order valence-corrected chi connectivity index (χ2v) is 4.22. The molecule has 0 radical (unpaired) electrons. The molecule has 3 aromatic rings. The van der Waals surface area contributed by atoms with Crippen molar-refractivity contribution in [3.05, 3.63) is 79.0 Å². The van der Waals surface area contributed by atoms with Gasteiger partial charge in [-0.3, -0.25) is 0 Å². The molecule has 0 saturated carbocycles. The van der Waals surface area contributed by atoms with Crippen molar-refractivity contribution in [2.24, 2.45) is 0 Å². The molecule has 0 aliphatic carbocycles. The molecule has 0 fully saturated rings.